The van der Waals surface area contributed by atoms with Gasteiger partial charge in [-0.25, -0.2) is 0 Å². The minimum atomic E-state index is 0.155. The van der Waals surface area contributed by atoms with E-state index in [1.165, 1.54) is 24.0 Å². The molecule has 0 spiro atoms. The molecule has 2 aliphatic heterocycles. The van der Waals surface area contributed by atoms with Gasteiger partial charge in [0, 0.05) is 43.3 Å². The van der Waals surface area contributed by atoms with Crippen LogP contribution in [-0.2, 0) is 6.67 Å². The van der Waals surface area contributed by atoms with Crippen molar-refractivity contribution in [1.29, 1.82) is 0 Å². The largest absolute Gasteiger partial charge is 0.336 e. The molecule has 5 heteroatoms. The van der Waals surface area contributed by atoms with Gasteiger partial charge in [-0.15, -0.1) is 0 Å². The zero-order valence-electron chi connectivity index (χ0n) is 20.8. The Morgan fingerprint density at radius 1 is 0.694 bits per heavy atom. The molecular formula is C31H34N4O. The van der Waals surface area contributed by atoms with Crippen molar-refractivity contribution in [1.82, 2.24) is 19.3 Å². The second-order valence-corrected chi connectivity index (χ2v) is 10.0. The normalized spacial score (nSPS) is 17.3. The second kappa shape index (κ2) is 10.3. The van der Waals surface area contributed by atoms with Crippen LogP contribution in [0, 0.1) is 0 Å². The maximum Gasteiger partial charge on any atom is 0.256 e. The minimum Gasteiger partial charge on any atom is -0.336 e. The molecule has 2 fully saturated rings. The number of rotatable bonds is 6. The third-order valence-corrected chi connectivity index (χ3v) is 7.77. The lowest BCUT2D eigenvalue weighted by molar-refractivity contribution is 0.0599. The fraction of sp³-hybridized carbons (Fsp3) is 0.323. The SMILES string of the molecule is O=C(c1cn(CN2CCCC2)c2ccccc12)N1CCN(C(c2ccccc2)c2ccccc2)CC1. The van der Waals surface area contributed by atoms with Crippen LogP contribution in [-0.4, -0.2) is 64.4 Å². The summed E-state index contributed by atoms with van der Waals surface area (Å²) < 4.78 is 2.27. The molecule has 36 heavy (non-hydrogen) atoms. The van der Waals surface area contributed by atoms with Crippen molar-refractivity contribution in [3.05, 3.63) is 108 Å². The highest BCUT2D eigenvalue weighted by atomic mass is 16.2. The number of hydrogen-bond donors (Lipinski definition) is 0. The predicted octanol–water partition coefficient (Wildman–Crippen LogP) is 5.24. The standard InChI is InChI=1S/C31H34N4O/c36-31(28-23-35(24-32-17-9-10-18-32)29-16-8-7-15-27(28)29)34-21-19-33(20-22-34)30(25-11-3-1-4-12-25)26-13-5-2-6-14-26/h1-8,11-16,23,30H,9-10,17-22,24H2. The summed E-state index contributed by atoms with van der Waals surface area (Å²) in [6.07, 6.45) is 4.62. The van der Waals surface area contributed by atoms with Crippen molar-refractivity contribution in [2.24, 2.45) is 0 Å². The van der Waals surface area contributed by atoms with Gasteiger partial charge in [0.25, 0.3) is 5.91 Å². The lowest BCUT2D eigenvalue weighted by atomic mass is 9.96. The average Bonchev–Trinajstić information content (AvgIpc) is 3.59. The van der Waals surface area contributed by atoms with E-state index in [2.05, 4.69) is 99.4 Å². The Labute approximate surface area is 213 Å². The molecular weight excluding hydrogens is 444 g/mol. The third kappa shape index (κ3) is 4.57. The predicted molar refractivity (Wildman–Crippen MR) is 145 cm³/mol. The first-order chi connectivity index (χ1) is 17.8. The van der Waals surface area contributed by atoms with Crippen LogP contribution in [0.25, 0.3) is 10.9 Å². The molecule has 0 aliphatic carbocycles. The highest BCUT2D eigenvalue weighted by molar-refractivity contribution is 6.07. The Morgan fingerprint density at radius 2 is 1.28 bits per heavy atom. The van der Waals surface area contributed by atoms with Crippen LogP contribution in [0.2, 0.25) is 0 Å². The fourth-order valence-corrected chi connectivity index (χ4v) is 5.91. The van der Waals surface area contributed by atoms with E-state index in [-0.39, 0.29) is 11.9 Å². The number of fused-ring (bicyclic) bond motifs is 1. The van der Waals surface area contributed by atoms with Gasteiger partial charge in [0.1, 0.15) is 0 Å². The van der Waals surface area contributed by atoms with E-state index in [9.17, 15) is 4.79 Å². The van der Waals surface area contributed by atoms with Gasteiger partial charge in [-0.2, -0.15) is 0 Å². The van der Waals surface area contributed by atoms with E-state index in [4.69, 9.17) is 0 Å². The van der Waals surface area contributed by atoms with Gasteiger partial charge in [0.15, 0.2) is 0 Å². The van der Waals surface area contributed by atoms with Crippen molar-refractivity contribution in [3.63, 3.8) is 0 Å². The Kier molecular flexibility index (Phi) is 6.58. The van der Waals surface area contributed by atoms with Crippen molar-refractivity contribution < 1.29 is 4.79 Å². The van der Waals surface area contributed by atoms with Gasteiger partial charge in [0.2, 0.25) is 0 Å². The summed E-state index contributed by atoms with van der Waals surface area (Å²) in [5, 5.41) is 1.07. The number of hydrogen-bond acceptors (Lipinski definition) is 3. The molecule has 3 heterocycles. The molecule has 0 atom stereocenters. The van der Waals surface area contributed by atoms with E-state index in [0.29, 0.717) is 0 Å². The lowest BCUT2D eigenvalue weighted by Crippen LogP contribution is -2.49. The lowest BCUT2D eigenvalue weighted by Gasteiger charge is -2.39. The van der Waals surface area contributed by atoms with Gasteiger partial charge < -0.3 is 9.47 Å². The summed E-state index contributed by atoms with van der Waals surface area (Å²) in [7, 11) is 0. The molecule has 0 unspecified atom stereocenters. The first-order valence-electron chi connectivity index (χ1n) is 13.2. The topological polar surface area (TPSA) is 31.7 Å². The van der Waals surface area contributed by atoms with Gasteiger partial charge in [-0.3, -0.25) is 14.6 Å². The maximum absolute atomic E-state index is 13.8. The smallest absolute Gasteiger partial charge is 0.256 e. The van der Waals surface area contributed by atoms with Gasteiger partial charge in [-0.1, -0.05) is 78.9 Å². The van der Waals surface area contributed by atoms with Crippen LogP contribution < -0.4 is 0 Å². The van der Waals surface area contributed by atoms with Gasteiger partial charge in [0.05, 0.1) is 18.3 Å². The third-order valence-electron chi connectivity index (χ3n) is 7.77. The number of likely N-dealkylation sites (tertiary alicyclic amines) is 1. The van der Waals surface area contributed by atoms with Crippen LogP contribution in [0.3, 0.4) is 0 Å². The number of nitrogens with zero attached hydrogens (tertiary/aromatic N) is 4. The van der Waals surface area contributed by atoms with E-state index in [1.807, 2.05) is 11.0 Å². The molecule has 0 radical (unpaired) electrons. The van der Waals surface area contributed by atoms with E-state index in [1.54, 1.807) is 0 Å². The summed E-state index contributed by atoms with van der Waals surface area (Å²) in [6, 6.07) is 30.0. The van der Waals surface area contributed by atoms with Crippen molar-refractivity contribution in [2.45, 2.75) is 25.6 Å². The second-order valence-electron chi connectivity index (χ2n) is 10.0. The van der Waals surface area contributed by atoms with Crippen LogP contribution >= 0.6 is 0 Å². The number of para-hydroxylation sites is 1. The van der Waals surface area contributed by atoms with Crippen LogP contribution in [0.15, 0.2) is 91.1 Å². The summed E-state index contributed by atoms with van der Waals surface area (Å²) in [5.74, 6) is 0.155. The number of amides is 1. The monoisotopic (exact) mass is 478 g/mol. The average molecular weight is 479 g/mol. The molecule has 6 rings (SSSR count). The summed E-state index contributed by atoms with van der Waals surface area (Å²) in [6.45, 7) is 6.32. The van der Waals surface area contributed by atoms with Crippen molar-refractivity contribution >= 4 is 16.8 Å². The summed E-state index contributed by atoms with van der Waals surface area (Å²) in [4.78, 5) is 20.8. The van der Waals surface area contributed by atoms with Crippen molar-refractivity contribution in [2.75, 3.05) is 39.3 Å². The molecule has 0 bridgehead atoms. The number of carbonyl (C=O) groups is 1. The molecule has 4 aromatic rings. The molecule has 0 N–H and O–H groups in total. The van der Waals surface area contributed by atoms with Crippen LogP contribution in [0.1, 0.15) is 40.4 Å². The molecule has 184 valence electrons. The summed E-state index contributed by atoms with van der Waals surface area (Å²) in [5.41, 5.74) is 4.59. The highest BCUT2D eigenvalue weighted by Crippen LogP contribution is 2.30. The molecule has 1 amide bonds. The fourth-order valence-electron chi connectivity index (χ4n) is 5.91. The first-order valence-corrected chi connectivity index (χ1v) is 13.2. The zero-order valence-corrected chi connectivity index (χ0v) is 20.8. The Morgan fingerprint density at radius 3 is 1.92 bits per heavy atom. The first kappa shape index (κ1) is 23.0. The van der Waals surface area contributed by atoms with Gasteiger partial charge in [-0.05, 0) is 43.1 Å². The quantitative estimate of drug-likeness (QED) is 0.380. The number of aromatic nitrogens is 1. The van der Waals surface area contributed by atoms with E-state index in [0.717, 1.165) is 62.4 Å². The Balaban J connectivity index is 1.21. The highest BCUT2D eigenvalue weighted by Gasteiger charge is 2.30. The van der Waals surface area contributed by atoms with E-state index < -0.39 is 0 Å². The Bertz CT molecular complexity index is 1260. The molecule has 2 aliphatic rings. The zero-order chi connectivity index (χ0) is 24.3. The number of benzene rings is 3. The maximum atomic E-state index is 13.8. The molecule has 2 saturated heterocycles. The molecule has 0 saturated carbocycles. The van der Waals surface area contributed by atoms with Crippen LogP contribution in [0.5, 0.6) is 0 Å². The van der Waals surface area contributed by atoms with Crippen molar-refractivity contribution in [3.8, 4) is 0 Å². The van der Waals surface area contributed by atoms with Crippen LogP contribution in [0.4, 0.5) is 0 Å². The summed E-state index contributed by atoms with van der Waals surface area (Å²) >= 11 is 0. The molecule has 5 nitrogen and oxygen atoms in total. The molecule has 1 aromatic heterocycles. The molecule has 3 aromatic carbocycles. The van der Waals surface area contributed by atoms with Gasteiger partial charge >= 0.3 is 0 Å². The minimum absolute atomic E-state index is 0.155. The van der Waals surface area contributed by atoms with E-state index >= 15 is 0 Å². The number of carbonyl (C=O) groups excluding carboxylic acids is 1. The number of piperazine rings is 1. The Hall–Kier alpha value is -3.41.